The van der Waals surface area contributed by atoms with Crippen LogP contribution in [0.3, 0.4) is 0 Å². The third-order valence-electron chi connectivity index (χ3n) is 8.28. The van der Waals surface area contributed by atoms with Crippen LogP contribution in [-0.2, 0) is 6.42 Å². The van der Waals surface area contributed by atoms with E-state index in [1.807, 2.05) is 13.1 Å². The van der Waals surface area contributed by atoms with Crippen molar-refractivity contribution in [3.05, 3.63) is 35.4 Å². The molecule has 3 aliphatic carbocycles. The van der Waals surface area contributed by atoms with Gasteiger partial charge in [0.2, 0.25) is 0 Å². The van der Waals surface area contributed by atoms with Crippen LogP contribution in [0.25, 0.3) is 6.08 Å². The van der Waals surface area contributed by atoms with E-state index < -0.39 is 5.60 Å². The number of hydrogen-bond acceptors (Lipinski definition) is 2. The molecule has 25 heavy (non-hydrogen) atoms. The molecule has 0 bridgehead atoms. The summed E-state index contributed by atoms with van der Waals surface area (Å²) in [7, 11) is 2.00. The van der Waals surface area contributed by atoms with Gasteiger partial charge in [-0.25, -0.2) is 0 Å². The normalized spacial score (nSPS) is 39.3. The van der Waals surface area contributed by atoms with Crippen LogP contribution in [0.5, 0.6) is 0 Å². The Balaban J connectivity index is 1.75. The second-order valence-corrected chi connectivity index (χ2v) is 8.83. The van der Waals surface area contributed by atoms with Crippen molar-refractivity contribution in [1.82, 2.24) is 0 Å². The summed E-state index contributed by atoms with van der Waals surface area (Å²) in [6.07, 6.45) is 10.2. The van der Waals surface area contributed by atoms with E-state index in [1.165, 1.54) is 42.5 Å². The summed E-state index contributed by atoms with van der Waals surface area (Å²) in [6.45, 7) is 8.49. The highest BCUT2D eigenvalue weighted by atomic mass is 16.3. The summed E-state index contributed by atoms with van der Waals surface area (Å²) in [4.78, 5) is 0. The number of benzene rings is 1. The Kier molecular flexibility index (Phi) is 4.03. The molecule has 2 saturated carbocycles. The molecular weight excluding hydrogens is 306 g/mol. The Morgan fingerprint density at radius 1 is 1.28 bits per heavy atom. The van der Waals surface area contributed by atoms with Gasteiger partial charge in [0.1, 0.15) is 0 Å². The maximum atomic E-state index is 11.2. The van der Waals surface area contributed by atoms with E-state index in [2.05, 4.69) is 37.9 Å². The zero-order valence-corrected chi connectivity index (χ0v) is 16.1. The number of anilines is 1. The first-order chi connectivity index (χ1) is 12.0. The van der Waals surface area contributed by atoms with Gasteiger partial charge in [-0.15, -0.1) is 0 Å². The summed E-state index contributed by atoms with van der Waals surface area (Å²) in [5, 5.41) is 14.5. The van der Waals surface area contributed by atoms with Crippen molar-refractivity contribution in [3.8, 4) is 0 Å². The van der Waals surface area contributed by atoms with Gasteiger partial charge in [0.15, 0.2) is 0 Å². The molecule has 0 radical (unpaired) electrons. The first-order valence-electron chi connectivity index (χ1n) is 10.2. The number of nitrogens with one attached hydrogen (secondary N) is 1. The first kappa shape index (κ1) is 17.1. The summed E-state index contributed by atoms with van der Waals surface area (Å²) >= 11 is 0. The minimum absolute atomic E-state index is 0.151. The molecule has 0 aromatic heterocycles. The molecule has 0 aliphatic heterocycles. The van der Waals surface area contributed by atoms with Crippen LogP contribution in [0.15, 0.2) is 18.7 Å². The van der Waals surface area contributed by atoms with Gasteiger partial charge in [-0.05, 0) is 86.8 Å². The van der Waals surface area contributed by atoms with E-state index in [0.717, 1.165) is 25.2 Å². The summed E-state index contributed by atoms with van der Waals surface area (Å²) in [5.74, 6) is 2.11. The molecule has 0 heterocycles. The largest absolute Gasteiger partial charge is 0.390 e. The van der Waals surface area contributed by atoms with Crippen molar-refractivity contribution in [1.29, 1.82) is 0 Å². The Bertz CT molecular complexity index is 692. The Morgan fingerprint density at radius 3 is 2.76 bits per heavy atom. The fourth-order valence-corrected chi connectivity index (χ4v) is 7.03. The van der Waals surface area contributed by atoms with Crippen LogP contribution in [0.4, 0.5) is 5.69 Å². The van der Waals surface area contributed by atoms with Crippen LogP contribution < -0.4 is 5.32 Å². The van der Waals surface area contributed by atoms with Gasteiger partial charge in [0.25, 0.3) is 0 Å². The fraction of sp³-hybridized carbons (Fsp3) is 0.652. The van der Waals surface area contributed by atoms with Crippen molar-refractivity contribution in [3.63, 3.8) is 0 Å². The Morgan fingerprint density at radius 2 is 2.08 bits per heavy atom. The van der Waals surface area contributed by atoms with E-state index in [9.17, 15) is 5.11 Å². The lowest BCUT2D eigenvalue weighted by Gasteiger charge is -2.54. The molecule has 136 valence electrons. The van der Waals surface area contributed by atoms with Gasteiger partial charge < -0.3 is 10.4 Å². The maximum Gasteiger partial charge on any atom is 0.0678 e. The van der Waals surface area contributed by atoms with Crippen molar-refractivity contribution in [2.75, 3.05) is 12.4 Å². The van der Waals surface area contributed by atoms with E-state index in [0.29, 0.717) is 11.8 Å². The summed E-state index contributed by atoms with van der Waals surface area (Å²) in [5.41, 5.74) is 5.29. The number of fused-ring (bicyclic) bond motifs is 5. The minimum atomic E-state index is -0.472. The first-order valence-corrected chi connectivity index (χ1v) is 10.2. The van der Waals surface area contributed by atoms with Gasteiger partial charge in [0.05, 0.1) is 5.60 Å². The third kappa shape index (κ3) is 2.19. The van der Waals surface area contributed by atoms with Crippen LogP contribution in [0.1, 0.15) is 75.0 Å². The average molecular weight is 340 g/mol. The van der Waals surface area contributed by atoms with Gasteiger partial charge >= 0.3 is 0 Å². The standard InChI is InChI=1S/C23H33NO/c1-5-15-16-7-8-19-18(17(16)9-10-21(15)24-4)11-14-23(6-2)20(19)12-13-22(23,3)25/h5,9-10,18-20,24-25H,1,6-8,11-14H2,2-4H3. The highest BCUT2D eigenvalue weighted by Gasteiger charge is 2.61. The molecule has 5 unspecified atom stereocenters. The van der Waals surface area contributed by atoms with Crippen molar-refractivity contribution in [2.24, 2.45) is 17.3 Å². The van der Waals surface area contributed by atoms with Gasteiger partial charge in [-0.2, -0.15) is 0 Å². The zero-order valence-electron chi connectivity index (χ0n) is 16.1. The quantitative estimate of drug-likeness (QED) is 0.776. The maximum absolute atomic E-state index is 11.2. The molecule has 2 heteroatoms. The Labute approximate surface area is 152 Å². The highest BCUT2D eigenvalue weighted by molar-refractivity contribution is 5.71. The van der Waals surface area contributed by atoms with Crippen molar-refractivity contribution in [2.45, 2.75) is 70.3 Å². The molecule has 3 aliphatic rings. The predicted molar refractivity (Wildman–Crippen MR) is 106 cm³/mol. The monoisotopic (exact) mass is 339 g/mol. The molecule has 1 aromatic rings. The van der Waals surface area contributed by atoms with Gasteiger partial charge in [0, 0.05) is 23.7 Å². The van der Waals surface area contributed by atoms with Crippen LogP contribution in [-0.4, -0.2) is 17.8 Å². The molecular formula is C23H33NO. The molecule has 2 N–H and O–H groups in total. The molecule has 0 spiro atoms. The van der Waals surface area contributed by atoms with Crippen molar-refractivity contribution >= 4 is 11.8 Å². The zero-order chi connectivity index (χ0) is 17.8. The topological polar surface area (TPSA) is 32.3 Å². The van der Waals surface area contributed by atoms with Gasteiger partial charge in [-0.3, -0.25) is 0 Å². The predicted octanol–water partition coefficient (Wildman–Crippen LogP) is 5.37. The van der Waals surface area contributed by atoms with E-state index in [-0.39, 0.29) is 5.41 Å². The van der Waals surface area contributed by atoms with Crippen LogP contribution in [0.2, 0.25) is 0 Å². The average Bonchev–Trinajstić information content (AvgIpc) is 2.91. The number of aliphatic hydroxyl groups is 1. The van der Waals surface area contributed by atoms with E-state index in [1.54, 1.807) is 5.56 Å². The smallest absolute Gasteiger partial charge is 0.0678 e. The SMILES string of the molecule is C=Cc1c(NC)ccc2c1CCC1C2CCC2(CC)C1CCC2(C)O. The van der Waals surface area contributed by atoms with E-state index in [4.69, 9.17) is 0 Å². The molecule has 2 nitrogen and oxygen atoms in total. The van der Waals surface area contributed by atoms with Gasteiger partial charge in [-0.1, -0.05) is 25.6 Å². The van der Waals surface area contributed by atoms with E-state index >= 15 is 0 Å². The third-order valence-corrected chi connectivity index (χ3v) is 8.28. The molecule has 5 atom stereocenters. The second-order valence-electron chi connectivity index (χ2n) is 8.83. The fourth-order valence-electron chi connectivity index (χ4n) is 7.03. The summed E-state index contributed by atoms with van der Waals surface area (Å²) < 4.78 is 0. The Hall–Kier alpha value is -1.28. The second kappa shape index (κ2) is 5.87. The van der Waals surface area contributed by atoms with Crippen LogP contribution in [0, 0.1) is 17.3 Å². The van der Waals surface area contributed by atoms with Crippen LogP contribution >= 0.6 is 0 Å². The number of rotatable bonds is 3. The lowest BCUT2D eigenvalue weighted by atomic mass is 9.52. The summed E-state index contributed by atoms with van der Waals surface area (Å²) in [6, 6.07) is 4.61. The van der Waals surface area contributed by atoms with Crippen molar-refractivity contribution < 1.29 is 5.11 Å². The lowest BCUT2D eigenvalue weighted by molar-refractivity contribution is -0.104. The molecule has 4 rings (SSSR count). The molecule has 0 amide bonds. The minimum Gasteiger partial charge on any atom is -0.390 e. The lowest BCUT2D eigenvalue weighted by Crippen LogP contribution is -2.50. The highest BCUT2D eigenvalue weighted by Crippen LogP contribution is 2.65. The molecule has 0 saturated heterocycles. The number of hydrogen-bond donors (Lipinski definition) is 2. The molecule has 2 fully saturated rings. The molecule has 1 aromatic carbocycles.